The van der Waals surface area contributed by atoms with Gasteiger partial charge in [0.15, 0.2) is 0 Å². The molecule has 21 heavy (non-hydrogen) atoms. The Balaban J connectivity index is 0.000000491. The number of benzene rings is 1. The van der Waals surface area contributed by atoms with Crippen LogP contribution in [0.25, 0.3) is 5.57 Å². The maximum absolute atomic E-state index is 10.9. The van der Waals surface area contributed by atoms with Crippen molar-refractivity contribution in [3.8, 4) is 0 Å². The quantitative estimate of drug-likeness (QED) is 0.835. The fraction of sp³-hybridized carbons (Fsp3) is 0.188. The van der Waals surface area contributed by atoms with Crippen LogP contribution in [0.2, 0.25) is 0 Å². The first-order valence-corrected chi connectivity index (χ1v) is 6.32. The lowest BCUT2D eigenvalue weighted by atomic mass is 9.92. The molecule has 0 fully saturated rings. The number of allylic oxidation sites excluding steroid dienone is 2. The minimum absolute atomic E-state index is 0.301. The smallest absolute Gasteiger partial charge is 0.450 e. The zero-order chi connectivity index (χ0) is 15.7. The summed E-state index contributed by atoms with van der Waals surface area (Å²) in [6, 6.07) is 9.94. The summed E-state index contributed by atoms with van der Waals surface area (Å²) in [7, 11) is 0. The van der Waals surface area contributed by atoms with Gasteiger partial charge in [-0.15, -0.1) is 0 Å². The zero-order valence-corrected chi connectivity index (χ0v) is 11.5. The number of carboxylic acid groups (broad SMARTS) is 2. The molecule has 1 aromatic rings. The lowest BCUT2D eigenvalue weighted by Gasteiger charge is -2.22. The Morgan fingerprint density at radius 2 is 1.90 bits per heavy atom. The van der Waals surface area contributed by atoms with E-state index in [1.807, 2.05) is 55.3 Å². The highest BCUT2D eigenvalue weighted by molar-refractivity contribution is 5.80. The second kappa shape index (κ2) is 8.53. The average molecular weight is 288 g/mol. The molecule has 0 radical (unpaired) electrons. The minimum Gasteiger partial charge on any atom is -0.450 e. The molecular weight excluding hydrogens is 272 g/mol. The zero-order valence-electron chi connectivity index (χ0n) is 11.5. The van der Waals surface area contributed by atoms with E-state index in [9.17, 15) is 4.79 Å². The van der Waals surface area contributed by atoms with E-state index in [0.29, 0.717) is 12.2 Å². The standard InChI is InChI=1S/C15H14O2.CH2O3/c1-2-17-15-13(11-16)9-6-10-14(15)12-7-4-3-5-8-12;2-1(3)4/h3-10,15H,2H2,1H3;(H2,2,3,4). The van der Waals surface area contributed by atoms with Crippen LogP contribution in [0.5, 0.6) is 0 Å². The van der Waals surface area contributed by atoms with E-state index in [2.05, 4.69) is 0 Å². The summed E-state index contributed by atoms with van der Waals surface area (Å²) < 4.78 is 5.63. The van der Waals surface area contributed by atoms with E-state index in [0.717, 1.165) is 11.1 Å². The molecule has 110 valence electrons. The molecule has 5 heteroatoms. The molecule has 0 heterocycles. The number of carbonyl (C=O) groups excluding carboxylic acids is 1. The van der Waals surface area contributed by atoms with E-state index >= 15 is 0 Å². The van der Waals surface area contributed by atoms with Gasteiger partial charge in [0.05, 0.1) is 5.57 Å². The van der Waals surface area contributed by atoms with Crippen molar-refractivity contribution in [1.82, 2.24) is 0 Å². The predicted octanol–water partition coefficient (Wildman–Crippen LogP) is 3.03. The molecule has 2 rings (SSSR count). The largest absolute Gasteiger partial charge is 0.503 e. The van der Waals surface area contributed by atoms with Gasteiger partial charge in [0.2, 0.25) is 0 Å². The van der Waals surface area contributed by atoms with Crippen molar-refractivity contribution in [2.75, 3.05) is 6.61 Å². The highest BCUT2D eigenvalue weighted by Crippen LogP contribution is 2.28. The molecule has 0 amide bonds. The number of ether oxygens (including phenoxy) is 1. The van der Waals surface area contributed by atoms with Crippen molar-refractivity contribution in [3.05, 3.63) is 59.7 Å². The van der Waals surface area contributed by atoms with Gasteiger partial charge in [-0.2, -0.15) is 0 Å². The van der Waals surface area contributed by atoms with E-state index in [1.165, 1.54) is 0 Å². The maximum atomic E-state index is 10.9. The number of carbonyl (C=O) groups is 1. The highest BCUT2D eigenvalue weighted by atomic mass is 16.6. The first-order valence-electron chi connectivity index (χ1n) is 6.32. The highest BCUT2D eigenvalue weighted by Gasteiger charge is 2.22. The van der Waals surface area contributed by atoms with Crippen LogP contribution in [0.1, 0.15) is 12.5 Å². The third kappa shape index (κ3) is 5.10. The Morgan fingerprint density at radius 3 is 2.43 bits per heavy atom. The summed E-state index contributed by atoms with van der Waals surface area (Å²) >= 11 is 0. The average Bonchev–Trinajstić information content (AvgIpc) is 2.48. The summed E-state index contributed by atoms with van der Waals surface area (Å²) in [5.41, 5.74) is 2.63. The van der Waals surface area contributed by atoms with Gasteiger partial charge in [-0.25, -0.2) is 9.59 Å². The van der Waals surface area contributed by atoms with Crippen LogP contribution in [0.15, 0.2) is 54.1 Å². The lowest BCUT2D eigenvalue weighted by Crippen LogP contribution is -2.19. The first kappa shape index (κ1) is 16.4. The monoisotopic (exact) mass is 288 g/mol. The molecule has 0 saturated carbocycles. The predicted molar refractivity (Wildman–Crippen MR) is 78.8 cm³/mol. The molecule has 0 spiro atoms. The van der Waals surface area contributed by atoms with Gasteiger partial charge in [-0.1, -0.05) is 42.5 Å². The molecular formula is C16H16O5. The molecule has 0 aliphatic heterocycles. The molecule has 0 aromatic heterocycles. The minimum atomic E-state index is -1.83. The summed E-state index contributed by atoms with van der Waals surface area (Å²) in [6.45, 7) is 2.48. The summed E-state index contributed by atoms with van der Waals surface area (Å²) in [6.07, 6.45) is 3.46. The van der Waals surface area contributed by atoms with Crippen LogP contribution in [0.4, 0.5) is 4.79 Å². The third-order valence-corrected chi connectivity index (χ3v) is 2.67. The van der Waals surface area contributed by atoms with Crippen LogP contribution in [0.3, 0.4) is 0 Å². The SMILES string of the molecule is CCOC1C(=C=O)C=CC=C1c1ccccc1.O=C(O)O. The third-order valence-electron chi connectivity index (χ3n) is 2.67. The van der Waals surface area contributed by atoms with Gasteiger partial charge in [0, 0.05) is 6.61 Å². The molecule has 0 bridgehead atoms. The van der Waals surface area contributed by atoms with Crippen LogP contribution in [-0.2, 0) is 9.53 Å². The number of hydrogen-bond donors (Lipinski definition) is 2. The lowest BCUT2D eigenvalue weighted by molar-refractivity contribution is 0.129. The molecule has 0 saturated heterocycles. The van der Waals surface area contributed by atoms with Crippen molar-refractivity contribution >= 4 is 17.7 Å². The Labute approximate surface area is 122 Å². The molecule has 5 nitrogen and oxygen atoms in total. The van der Waals surface area contributed by atoms with Crippen molar-refractivity contribution in [1.29, 1.82) is 0 Å². The van der Waals surface area contributed by atoms with E-state index in [-0.39, 0.29) is 6.10 Å². The molecule has 1 aliphatic carbocycles. The van der Waals surface area contributed by atoms with Gasteiger partial charge in [-0.3, -0.25) is 0 Å². The van der Waals surface area contributed by atoms with Crippen molar-refractivity contribution < 1.29 is 24.5 Å². The summed E-state index contributed by atoms with van der Waals surface area (Å²) in [5.74, 6) is 1.95. The van der Waals surface area contributed by atoms with Crippen LogP contribution >= 0.6 is 0 Å². The van der Waals surface area contributed by atoms with Crippen LogP contribution in [0, 0.1) is 0 Å². The Morgan fingerprint density at radius 1 is 1.29 bits per heavy atom. The number of rotatable bonds is 3. The van der Waals surface area contributed by atoms with Crippen LogP contribution < -0.4 is 0 Å². The fourth-order valence-electron chi connectivity index (χ4n) is 1.91. The van der Waals surface area contributed by atoms with Crippen molar-refractivity contribution in [2.24, 2.45) is 0 Å². The topological polar surface area (TPSA) is 83.8 Å². The van der Waals surface area contributed by atoms with E-state index in [1.54, 1.807) is 6.08 Å². The number of hydrogen-bond acceptors (Lipinski definition) is 3. The van der Waals surface area contributed by atoms with Gasteiger partial charge in [0.1, 0.15) is 12.0 Å². The Bertz CT molecular complexity index is 576. The molecule has 1 unspecified atom stereocenters. The van der Waals surface area contributed by atoms with Crippen LogP contribution in [-0.4, -0.2) is 35.0 Å². The van der Waals surface area contributed by atoms with Crippen molar-refractivity contribution in [3.63, 3.8) is 0 Å². The Kier molecular flexibility index (Phi) is 6.68. The second-order valence-corrected chi connectivity index (χ2v) is 4.02. The molecule has 1 aliphatic rings. The summed E-state index contributed by atoms with van der Waals surface area (Å²) in [5, 5.41) is 13.9. The van der Waals surface area contributed by atoms with E-state index < -0.39 is 6.16 Å². The van der Waals surface area contributed by atoms with Crippen molar-refractivity contribution in [2.45, 2.75) is 13.0 Å². The van der Waals surface area contributed by atoms with Gasteiger partial charge < -0.3 is 14.9 Å². The molecule has 1 aromatic carbocycles. The van der Waals surface area contributed by atoms with Gasteiger partial charge in [-0.05, 0) is 24.1 Å². The van der Waals surface area contributed by atoms with Gasteiger partial charge in [0.25, 0.3) is 0 Å². The summed E-state index contributed by atoms with van der Waals surface area (Å²) in [4.78, 5) is 19.5. The first-order chi connectivity index (χ1) is 10.1. The second-order valence-electron chi connectivity index (χ2n) is 4.02. The maximum Gasteiger partial charge on any atom is 0.503 e. The fourth-order valence-corrected chi connectivity index (χ4v) is 1.91. The molecule has 2 N–H and O–H groups in total. The van der Waals surface area contributed by atoms with Gasteiger partial charge >= 0.3 is 6.16 Å². The van der Waals surface area contributed by atoms with E-state index in [4.69, 9.17) is 19.7 Å². The Hall–Kier alpha value is -2.62. The normalized spacial score (nSPS) is 16.3. The molecule has 1 atom stereocenters.